The third kappa shape index (κ3) is 2.54. The zero-order chi connectivity index (χ0) is 22.1. The fraction of sp³-hybridized carbons (Fsp3) is 0.194. The maximum absolute atomic E-state index is 2.44. The van der Waals surface area contributed by atoms with E-state index in [0.717, 1.165) is 0 Å². The lowest BCUT2D eigenvalue weighted by molar-refractivity contribution is -0.659. The molecule has 0 radical (unpaired) electrons. The Morgan fingerprint density at radius 3 is 2.19 bits per heavy atom. The first-order chi connectivity index (χ1) is 15.5. The van der Waals surface area contributed by atoms with Gasteiger partial charge in [-0.05, 0) is 87.0 Å². The molecule has 0 atom stereocenters. The van der Waals surface area contributed by atoms with Gasteiger partial charge in [-0.15, -0.1) is 0 Å². The number of rotatable bonds is 2. The highest BCUT2D eigenvalue weighted by Gasteiger charge is 2.27. The molecule has 1 heterocycles. The third-order valence-electron chi connectivity index (χ3n) is 7.45. The second kappa shape index (κ2) is 6.77. The van der Waals surface area contributed by atoms with Gasteiger partial charge in [0, 0.05) is 6.07 Å². The Balaban J connectivity index is 1.68. The Kier molecular flexibility index (Phi) is 4.07. The van der Waals surface area contributed by atoms with Gasteiger partial charge in [-0.3, -0.25) is 0 Å². The fourth-order valence-electron chi connectivity index (χ4n) is 5.58. The maximum Gasteiger partial charge on any atom is 0.220 e. The van der Waals surface area contributed by atoms with E-state index in [4.69, 9.17) is 0 Å². The van der Waals surface area contributed by atoms with Crippen LogP contribution in [-0.2, 0) is 7.05 Å². The first kappa shape index (κ1) is 19.3. The van der Waals surface area contributed by atoms with E-state index in [-0.39, 0.29) is 0 Å². The number of hydrogen-bond donors (Lipinski definition) is 0. The summed E-state index contributed by atoms with van der Waals surface area (Å²) in [7, 11) is 2.17. The standard InChI is InChI=1S/C31H28N/c1-18(2)22-12-13-24-23(16-22)14-15-32(5)31(24)27-17-28-25-10-6-8-21-9-7-11-26(30(21)25)29(28)20(4)19(27)3/h6-18H,1-5H3/q+1. The Labute approximate surface area is 190 Å². The van der Waals surface area contributed by atoms with Crippen LogP contribution in [0.3, 0.4) is 0 Å². The van der Waals surface area contributed by atoms with Crippen molar-refractivity contribution in [3.63, 3.8) is 0 Å². The summed E-state index contributed by atoms with van der Waals surface area (Å²) in [5.74, 6) is 0.528. The van der Waals surface area contributed by atoms with Crippen LogP contribution in [0.25, 0.3) is 55.1 Å². The number of aromatic nitrogens is 1. The molecule has 0 fully saturated rings. The van der Waals surface area contributed by atoms with E-state index < -0.39 is 0 Å². The average molecular weight is 415 g/mol. The van der Waals surface area contributed by atoms with Crippen molar-refractivity contribution in [2.24, 2.45) is 7.05 Å². The molecule has 6 rings (SSSR count). The van der Waals surface area contributed by atoms with Crippen LogP contribution in [0, 0.1) is 13.8 Å². The number of pyridine rings is 1. The highest BCUT2D eigenvalue weighted by atomic mass is 14.9. The zero-order valence-corrected chi connectivity index (χ0v) is 19.5. The minimum atomic E-state index is 0.528. The molecule has 1 aromatic heterocycles. The smallest absolute Gasteiger partial charge is 0.200 e. The summed E-state index contributed by atoms with van der Waals surface area (Å²) < 4.78 is 2.29. The third-order valence-corrected chi connectivity index (χ3v) is 7.45. The first-order valence-corrected chi connectivity index (χ1v) is 11.5. The van der Waals surface area contributed by atoms with Crippen molar-refractivity contribution in [3.05, 3.63) is 89.6 Å². The summed E-state index contributed by atoms with van der Waals surface area (Å²) in [6.45, 7) is 9.11. The van der Waals surface area contributed by atoms with E-state index in [1.54, 1.807) is 0 Å². The van der Waals surface area contributed by atoms with Gasteiger partial charge >= 0.3 is 0 Å². The second-order valence-corrected chi connectivity index (χ2v) is 9.58. The van der Waals surface area contributed by atoms with Gasteiger partial charge in [0.15, 0.2) is 6.20 Å². The molecule has 0 N–H and O–H groups in total. The van der Waals surface area contributed by atoms with Crippen molar-refractivity contribution in [2.75, 3.05) is 0 Å². The lowest BCUT2D eigenvalue weighted by Gasteiger charge is -2.16. The van der Waals surface area contributed by atoms with E-state index in [9.17, 15) is 0 Å². The average Bonchev–Trinajstić information content (AvgIpc) is 3.12. The number of benzene rings is 4. The van der Waals surface area contributed by atoms with Gasteiger partial charge < -0.3 is 0 Å². The predicted octanol–water partition coefficient (Wildman–Crippen LogP) is 7.87. The molecule has 5 aromatic rings. The van der Waals surface area contributed by atoms with Gasteiger partial charge in [-0.25, -0.2) is 4.57 Å². The van der Waals surface area contributed by atoms with Crippen molar-refractivity contribution in [1.82, 2.24) is 0 Å². The van der Waals surface area contributed by atoms with Crippen LogP contribution in [0.4, 0.5) is 0 Å². The summed E-state index contributed by atoms with van der Waals surface area (Å²) in [6.07, 6.45) is 2.21. The summed E-state index contributed by atoms with van der Waals surface area (Å²) >= 11 is 0. The molecule has 1 heteroatoms. The summed E-state index contributed by atoms with van der Waals surface area (Å²) in [4.78, 5) is 0. The summed E-state index contributed by atoms with van der Waals surface area (Å²) in [5.41, 5.74) is 12.3. The van der Waals surface area contributed by atoms with Gasteiger partial charge in [0.2, 0.25) is 5.69 Å². The summed E-state index contributed by atoms with van der Waals surface area (Å²) in [5, 5.41) is 5.35. The monoisotopic (exact) mass is 414 g/mol. The normalized spacial score (nSPS) is 12.2. The van der Waals surface area contributed by atoms with E-state index in [1.165, 1.54) is 71.7 Å². The summed E-state index contributed by atoms with van der Waals surface area (Å²) in [6, 6.07) is 25.1. The topological polar surface area (TPSA) is 3.88 Å². The molecule has 4 aromatic carbocycles. The fourth-order valence-corrected chi connectivity index (χ4v) is 5.58. The van der Waals surface area contributed by atoms with Crippen LogP contribution < -0.4 is 4.57 Å². The van der Waals surface area contributed by atoms with E-state index in [0.29, 0.717) is 5.92 Å². The van der Waals surface area contributed by atoms with E-state index in [1.807, 2.05) is 0 Å². The first-order valence-electron chi connectivity index (χ1n) is 11.5. The van der Waals surface area contributed by atoms with Gasteiger partial charge in [0.1, 0.15) is 7.05 Å². The van der Waals surface area contributed by atoms with Crippen molar-refractivity contribution in [2.45, 2.75) is 33.6 Å². The van der Waals surface area contributed by atoms with E-state index >= 15 is 0 Å². The molecule has 32 heavy (non-hydrogen) atoms. The van der Waals surface area contributed by atoms with Crippen molar-refractivity contribution >= 4 is 21.5 Å². The SMILES string of the molecule is Cc1c(-c2c3ccc(C(C)C)cc3cc[n+]2C)cc2c(c1C)-c1cccc3cccc-2c13. The molecule has 0 saturated carbocycles. The number of nitrogens with zero attached hydrogens (tertiary/aromatic N) is 1. The van der Waals surface area contributed by atoms with Crippen LogP contribution in [-0.4, -0.2) is 0 Å². The number of fused-ring (bicyclic) bond motifs is 4. The molecule has 0 unspecified atom stereocenters. The van der Waals surface area contributed by atoms with Crippen molar-refractivity contribution in [1.29, 1.82) is 0 Å². The zero-order valence-electron chi connectivity index (χ0n) is 19.5. The Bertz CT molecular complexity index is 1560. The maximum atomic E-state index is 2.44. The predicted molar refractivity (Wildman–Crippen MR) is 136 cm³/mol. The Morgan fingerprint density at radius 1 is 0.688 bits per heavy atom. The van der Waals surface area contributed by atoms with Crippen LogP contribution in [0.1, 0.15) is 36.5 Å². The van der Waals surface area contributed by atoms with Crippen molar-refractivity contribution < 1.29 is 4.57 Å². The van der Waals surface area contributed by atoms with Crippen LogP contribution in [0.2, 0.25) is 0 Å². The molecule has 156 valence electrons. The molecule has 0 aliphatic heterocycles. The largest absolute Gasteiger partial charge is 0.220 e. The van der Waals surface area contributed by atoms with Crippen LogP contribution in [0.5, 0.6) is 0 Å². The Morgan fingerprint density at radius 2 is 1.44 bits per heavy atom. The van der Waals surface area contributed by atoms with E-state index in [2.05, 4.69) is 112 Å². The molecule has 0 spiro atoms. The lowest BCUT2D eigenvalue weighted by Crippen LogP contribution is -2.30. The minimum Gasteiger partial charge on any atom is -0.200 e. The molecular formula is C31H28N+. The second-order valence-electron chi connectivity index (χ2n) is 9.58. The van der Waals surface area contributed by atoms with Gasteiger partial charge in [0.25, 0.3) is 0 Å². The van der Waals surface area contributed by atoms with Crippen molar-refractivity contribution in [3.8, 4) is 33.5 Å². The van der Waals surface area contributed by atoms with Gasteiger partial charge in [-0.2, -0.15) is 0 Å². The molecule has 0 bridgehead atoms. The van der Waals surface area contributed by atoms with Gasteiger partial charge in [-0.1, -0.05) is 62.4 Å². The molecule has 0 amide bonds. The lowest BCUT2D eigenvalue weighted by atomic mass is 9.88. The minimum absolute atomic E-state index is 0.528. The quantitative estimate of drug-likeness (QED) is 0.254. The molecular weight excluding hydrogens is 386 g/mol. The molecule has 1 aliphatic rings. The van der Waals surface area contributed by atoms with Gasteiger partial charge in [0.05, 0.1) is 10.9 Å². The van der Waals surface area contributed by atoms with Crippen LogP contribution >= 0.6 is 0 Å². The Hall–Kier alpha value is -3.45. The number of aryl methyl sites for hydroxylation is 1. The highest BCUT2D eigenvalue weighted by molar-refractivity contribution is 6.16. The highest BCUT2D eigenvalue weighted by Crippen LogP contribution is 2.51. The van der Waals surface area contributed by atoms with Crippen LogP contribution in [0.15, 0.2) is 72.9 Å². The molecule has 0 saturated heterocycles. The number of hydrogen-bond acceptors (Lipinski definition) is 0. The molecule has 1 nitrogen and oxygen atoms in total. The molecule has 1 aliphatic carbocycles.